The molecule has 30 heavy (non-hydrogen) atoms. The number of likely N-dealkylation sites (N-methyl/N-ethyl adjacent to an activating group) is 1. The highest BCUT2D eigenvalue weighted by atomic mass is 16.6. The third-order valence-electron chi connectivity index (χ3n) is 5.31. The predicted octanol–water partition coefficient (Wildman–Crippen LogP) is 3.13. The molecule has 0 N–H and O–H groups in total. The summed E-state index contributed by atoms with van der Waals surface area (Å²) in [7, 11) is 0. The average Bonchev–Trinajstić information content (AvgIpc) is 3.40. The van der Waals surface area contributed by atoms with Crippen LogP contribution >= 0.6 is 0 Å². The molecule has 1 amide bonds. The van der Waals surface area contributed by atoms with Crippen molar-refractivity contribution in [2.24, 2.45) is 0 Å². The van der Waals surface area contributed by atoms with Gasteiger partial charge in [0.1, 0.15) is 17.1 Å². The van der Waals surface area contributed by atoms with Crippen molar-refractivity contribution in [3.63, 3.8) is 0 Å². The van der Waals surface area contributed by atoms with Gasteiger partial charge < -0.3 is 14.2 Å². The fraction of sp³-hybridized carbons (Fsp3) is 0.333. The van der Waals surface area contributed by atoms with E-state index in [1.807, 2.05) is 13.0 Å². The molecule has 0 atom stereocenters. The lowest BCUT2D eigenvalue weighted by Gasteiger charge is -2.34. The quantitative estimate of drug-likeness (QED) is 0.474. The van der Waals surface area contributed by atoms with E-state index in [4.69, 9.17) is 4.42 Å². The van der Waals surface area contributed by atoms with Gasteiger partial charge in [0, 0.05) is 44.4 Å². The highest BCUT2D eigenvalue weighted by molar-refractivity contribution is 5.94. The van der Waals surface area contributed by atoms with Crippen LogP contribution in [0.3, 0.4) is 0 Å². The normalized spacial score (nSPS) is 14.8. The van der Waals surface area contributed by atoms with Gasteiger partial charge in [-0.1, -0.05) is 13.0 Å². The molecule has 0 bridgehead atoms. The minimum Gasteiger partial charge on any atom is -0.460 e. The SMILES string of the molecule is CCN1CCN(C(=O)c2cc(-c3ccc(C)o3)nn2-c2cccc([N+](=O)[O-])c2)CC1. The Bertz CT molecular complexity index is 1080. The molecule has 0 aliphatic carbocycles. The number of benzene rings is 1. The third kappa shape index (κ3) is 3.84. The molecule has 2 aromatic heterocycles. The highest BCUT2D eigenvalue weighted by Gasteiger charge is 2.26. The molecule has 0 radical (unpaired) electrons. The number of piperazine rings is 1. The van der Waals surface area contributed by atoms with E-state index in [1.165, 1.54) is 16.8 Å². The first kappa shape index (κ1) is 19.8. The molecule has 9 heteroatoms. The van der Waals surface area contributed by atoms with Crippen LogP contribution in [0.4, 0.5) is 5.69 Å². The lowest BCUT2D eigenvalue weighted by molar-refractivity contribution is -0.384. The van der Waals surface area contributed by atoms with E-state index in [0.717, 1.165) is 25.4 Å². The smallest absolute Gasteiger partial charge is 0.272 e. The van der Waals surface area contributed by atoms with Crippen molar-refractivity contribution in [1.29, 1.82) is 0 Å². The molecule has 3 heterocycles. The first-order chi connectivity index (χ1) is 14.5. The number of non-ortho nitro benzene ring substituents is 1. The molecule has 9 nitrogen and oxygen atoms in total. The molecular formula is C21H23N5O4. The van der Waals surface area contributed by atoms with E-state index >= 15 is 0 Å². The minimum absolute atomic E-state index is 0.0617. The summed E-state index contributed by atoms with van der Waals surface area (Å²) in [5.41, 5.74) is 1.25. The zero-order chi connectivity index (χ0) is 21.3. The standard InChI is InChI=1S/C21H23N5O4/c1-3-23-9-11-24(12-10-23)21(27)19-14-18(20-8-7-15(2)30-20)22-25(19)16-5-4-6-17(13-16)26(28)29/h4-8,13-14H,3,9-12H2,1-2H3. The second-order valence-electron chi connectivity index (χ2n) is 7.24. The van der Waals surface area contributed by atoms with Crippen molar-refractivity contribution in [3.8, 4) is 17.1 Å². The number of nitro benzene ring substituents is 1. The van der Waals surface area contributed by atoms with Crippen LogP contribution in [-0.2, 0) is 0 Å². The number of carbonyl (C=O) groups is 1. The maximum Gasteiger partial charge on any atom is 0.272 e. The van der Waals surface area contributed by atoms with Crippen LogP contribution in [0.1, 0.15) is 23.2 Å². The molecule has 156 valence electrons. The fourth-order valence-electron chi connectivity index (χ4n) is 3.59. The highest BCUT2D eigenvalue weighted by Crippen LogP contribution is 2.26. The van der Waals surface area contributed by atoms with Gasteiger partial charge in [0.2, 0.25) is 0 Å². The number of rotatable bonds is 5. The Hall–Kier alpha value is -3.46. The number of nitro groups is 1. The molecule has 1 aliphatic heterocycles. The van der Waals surface area contributed by atoms with Crippen LogP contribution in [0.2, 0.25) is 0 Å². The number of nitrogens with zero attached hydrogens (tertiary/aromatic N) is 5. The van der Waals surface area contributed by atoms with Crippen molar-refractivity contribution in [2.75, 3.05) is 32.7 Å². The summed E-state index contributed by atoms with van der Waals surface area (Å²) < 4.78 is 7.14. The van der Waals surface area contributed by atoms with Crippen LogP contribution in [0, 0.1) is 17.0 Å². The zero-order valence-corrected chi connectivity index (χ0v) is 16.9. The van der Waals surface area contributed by atoms with Gasteiger partial charge in [-0.05, 0) is 31.7 Å². The Balaban J connectivity index is 1.74. The van der Waals surface area contributed by atoms with Gasteiger partial charge in [0.05, 0.1) is 10.6 Å². The number of aryl methyl sites for hydroxylation is 1. The van der Waals surface area contributed by atoms with E-state index in [0.29, 0.717) is 35.9 Å². The Morgan fingerprint density at radius 3 is 2.57 bits per heavy atom. The van der Waals surface area contributed by atoms with Crippen LogP contribution < -0.4 is 0 Å². The van der Waals surface area contributed by atoms with Gasteiger partial charge in [-0.15, -0.1) is 0 Å². The summed E-state index contributed by atoms with van der Waals surface area (Å²) in [6.07, 6.45) is 0. The topological polar surface area (TPSA) is 97.7 Å². The lowest BCUT2D eigenvalue weighted by Crippen LogP contribution is -2.48. The van der Waals surface area contributed by atoms with Crippen LogP contribution in [0.15, 0.2) is 46.9 Å². The Kier molecular flexibility index (Phi) is 5.37. The maximum atomic E-state index is 13.3. The van der Waals surface area contributed by atoms with Crippen molar-refractivity contribution in [2.45, 2.75) is 13.8 Å². The summed E-state index contributed by atoms with van der Waals surface area (Å²) >= 11 is 0. The molecular weight excluding hydrogens is 386 g/mol. The first-order valence-corrected chi connectivity index (χ1v) is 9.89. The summed E-state index contributed by atoms with van der Waals surface area (Å²) in [5.74, 6) is 1.12. The molecule has 1 saturated heterocycles. The second kappa shape index (κ2) is 8.11. The summed E-state index contributed by atoms with van der Waals surface area (Å²) in [5, 5.41) is 15.8. The zero-order valence-electron chi connectivity index (χ0n) is 16.9. The number of hydrogen-bond acceptors (Lipinski definition) is 6. The van der Waals surface area contributed by atoms with Gasteiger partial charge in [-0.2, -0.15) is 5.10 Å². The third-order valence-corrected chi connectivity index (χ3v) is 5.31. The molecule has 4 rings (SSSR count). The van der Waals surface area contributed by atoms with Crippen LogP contribution in [0.25, 0.3) is 17.1 Å². The van der Waals surface area contributed by atoms with Gasteiger partial charge in [0.15, 0.2) is 5.76 Å². The number of aromatic nitrogens is 2. The van der Waals surface area contributed by atoms with Gasteiger partial charge in [-0.3, -0.25) is 14.9 Å². The summed E-state index contributed by atoms with van der Waals surface area (Å²) in [4.78, 5) is 28.2. The largest absolute Gasteiger partial charge is 0.460 e. The Morgan fingerprint density at radius 1 is 1.17 bits per heavy atom. The molecule has 1 aromatic carbocycles. The minimum atomic E-state index is -0.463. The van der Waals surface area contributed by atoms with Crippen molar-refractivity contribution in [1.82, 2.24) is 19.6 Å². The summed E-state index contributed by atoms with van der Waals surface area (Å²) in [6, 6.07) is 11.4. The second-order valence-corrected chi connectivity index (χ2v) is 7.24. The van der Waals surface area contributed by atoms with Crippen LogP contribution in [-0.4, -0.2) is 63.1 Å². The molecule has 0 spiro atoms. The first-order valence-electron chi connectivity index (χ1n) is 9.89. The predicted molar refractivity (Wildman–Crippen MR) is 111 cm³/mol. The number of furan rings is 1. The van der Waals surface area contributed by atoms with Crippen molar-refractivity contribution < 1.29 is 14.1 Å². The number of hydrogen-bond donors (Lipinski definition) is 0. The number of amides is 1. The molecule has 3 aromatic rings. The van der Waals surface area contributed by atoms with Gasteiger partial charge >= 0.3 is 0 Å². The fourth-order valence-corrected chi connectivity index (χ4v) is 3.59. The average molecular weight is 409 g/mol. The van der Waals surface area contributed by atoms with Crippen LogP contribution in [0.5, 0.6) is 0 Å². The van der Waals surface area contributed by atoms with E-state index in [1.54, 1.807) is 29.2 Å². The van der Waals surface area contributed by atoms with E-state index in [-0.39, 0.29) is 11.6 Å². The molecule has 0 saturated carbocycles. The van der Waals surface area contributed by atoms with Gasteiger partial charge in [-0.25, -0.2) is 4.68 Å². The summed E-state index contributed by atoms with van der Waals surface area (Å²) in [6.45, 7) is 7.78. The van der Waals surface area contributed by atoms with Crippen molar-refractivity contribution in [3.05, 3.63) is 64.0 Å². The lowest BCUT2D eigenvalue weighted by atomic mass is 10.2. The van der Waals surface area contributed by atoms with Crippen molar-refractivity contribution >= 4 is 11.6 Å². The Labute approximate surface area is 173 Å². The molecule has 1 fully saturated rings. The number of carbonyl (C=O) groups excluding carboxylic acids is 1. The van der Waals surface area contributed by atoms with E-state index in [2.05, 4.69) is 16.9 Å². The maximum absolute atomic E-state index is 13.3. The molecule has 1 aliphatic rings. The van der Waals surface area contributed by atoms with Gasteiger partial charge in [0.25, 0.3) is 11.6 Å². The van der Waals surface area contributed by atoms with E-state index in [9.17, 15) is 14.9 Å². The van der Waals surface area contributed by atoms with E-state index < -0.39 is 4.92 Å². The molecule has 0 unspecified atom stereocenters. The monoisotopic (exact) mass is 409 g/mol. The Morgan fingerprint density at radius 2 is 1.93 bits per heavy atom.